The number of hydrogen-bond donors (Lipinski definition) is 0. The standard InChI is InChI=1S/C20H24ClNO2/c1-16(10-11-22-12-14-23-15-13-22)17-2-6-19(7-3-17)24-20-8-4-18(21)5-9-20/h2-9,16H,10-15H2,1H3. The lowest BCUT2D eigenvalue weighted by Crippen LogP contribution is -2.37. The van der Waals surface area contributed by atoms with Crippen LogP contribution in [0.1, 0.15) is 24.8 Å². The topological polar surface area (TPSA) is 21.7 Å². The van der Waals surface area contributed by atoms with Gasteiger partial charge in [-0.25, -0.2) is 0 Å². The van der Waals surface area contributed by atoms with E-state index in [-0.39, 0.29) is 0 Å². The summed E-state index contributed by atoms with van der Waals surface area (Å²) in [6.45, 7) is 7.26. The fraction of sp³-hybridized carbons (Fsp3) is 0.400. The first-order valence-electron chi connectivity index (χ1n) is 8.54. The van der Waals surface area contributed by atoms with Gasteiger partial charge >= 0.3 is 0 Å². The minimum absolute atomic E-state index is 0.539. The third kappa shape index (κ3) is 4.97. The van der Waals surface area contributed by atoms with Gasteiger partial charge in [-0.05, 0) is 60.8 Å². The molecule has 1 aliphatic rings. The predicted octanol–water partition coefficient (Wildman–Crippen LogP) is 4.96. The highest BCUT2D eigenvalue weighted by Gasteiger charge is 2.12. The average molecular weight is 346 g/mol. The molecule has 128 valence electrons. The molecule has 1 saturated heterocycles. The number of ether oxygens (including phenoxy) is 2. The van der Waals surface area contributed by atoms with E-state index in [0.717, 1.165) is 50.8 Å². The summed E-state index contributed by atoms with van der Waals surface area (Å²) in [5.74, 6) is 2.19. The summed E-state index contributed by atoms with van der Waals surface area (Å²) in [6.07, 6.45) is 1.16. The van der Waals surface area contributed by atoms with Gasteiger partial charge in [-0.3, -0.25) is 4.90 Å². The van der Waals surface area contributed by atoms with Crippen LogP contribution < -0.4 is 4.74 Å². The van der Waals surface area contributed by atoms with Crippen molar-refractivity contribution in [1.82, 2.24) is 4.90 Å². The van der Waals surface area contributed by atoms with Crippen LogP contribution in [0.5, 0.6) is 11.5 Å². The lowest BCUT2D eigenvalue weighted by molar-refractivity contribution is 0.0367. The van der Waals surface area contributed by atoms with Gasteiger partial charge in [-0.2, -0.15) is 0 Å². The van der Waals surface area contributed by atoms with Crippen LogP contribution >= 0.6 is 11.6 Å². The summed E-state index contributed by atoms with van der Waals surface area (Å²) in [5, 5.41) is 0.715. The molecule has 24 heavy (non-hydrogen) atoms. The minimum Gasteiger partial charge on any atom is -0.457 e. The van der Waals surface area contributed by atoms with E-state index in [4.69, 9.17) is 21.1 Å². The number of hydrogen-bond acceptors (Lipinski definition) is 3. The molecule has 0 amide bonds. The molecular weight excluding hydrogens is 322 g/mol. The number of nitrogens with zero attached hydrogens (tertiary/aromatic N) is 1. The van der Waals surface area contributed by atoms with Crippen LogP contribution in [-0.2, 0) is 4.74 Å². The largest absolute Gasteiger partial charge is 0.457 e. The molecule has 4 heteroatoms. The van der Waals surface area contributed by atoms with Crippen molar-refractivity contribution >= 4 is 11.6 Å². The molecule has 3 rings (SSSR count). The van der Waals surface area contributed by atoms with Crippen molar-refractivity contribution in [3.63, 3.8) is 0 Å². The van der Waals surface area contributed by atoms with E-state index < -0.39 is 0 Å². The van der Waals surface area contributed by atoms with Gasteiger partial charge in [-0.1, -0.05) is 30.7 Å². The fourth-order valence-corrected chi connectivity index (χ4v) is 3.00. The summed E-state index contributed by atoms with van der Waals surface area (Å²) in [4.78, 5) is 2.48. The third-order valence-electron chi connectivity index (χ3n) is 4.48. The van der Waals surface area contributed by atoms with E-state index in [1.807, 2.05) is 36.4 Å². The second kappa shape index (κ2) is 8.52. The van der Waals surface area contributed by atoms with Gasteiger partial charge in [-0.15, -0.1) is 0 Å². The van der Waals surface area contributed by atoms with Gasteiger partial charge in [0.15, 0.2) is 0 Å². The summed E-state index contributed by atoms with van der Waals surface area (Å²) in [7, 11) is 0. The number of benzene rings is 2. The summed E-state index contributed by atoms with van der Waals surface area (Å²) < 4.78 is 11.2. The molecule has 0 aromatic heterocycles. The Bertz CT molecular complexity index is 621. The fourth-order valence-electron chi connectivity index (χ4n) is 2.87. The Morgan fingerprint density at radius 2 is 1.58 bits per heavy atom. The molecule has 3 nitrogen and oxygen atoms in total. The van der Waals surface area contributed by atoms with Crippen LogP contribution in [0.25, 0.3) is 0 Å². The zero-order valence-corrected chi connectivity index (χ0v) is 14.8. The van der Waals surface area contributed by atoms with Gasteiger partial charge in [0.05, 0.1) is 13.2 Å². The molecule has 1 aliphatic heterocycles. The first-order valence-corrected chi connectivity index (χ1v) is 8.92. The number of rotatable bonds is 6. The normalized spacial score (nSPS) is 16.8. The van der Waals surface area contributed by atoms with Crippen molar-refractivity contribution in [1.29, 1.82) is 0 Å². The zero-order chi connectivity index (χ0) is 16.8. The molecule has 0 spiro atoms. The lowest BCUT2D eigenvalue weighted by atomic mass is 9.97. The molecule has 0 saturated carbocycles. The second-order valence-electron chi connectivity index (χ2n) is 6.27. The lowest BCUT2D eigenvalue weighted by Gasteiger charge is -2.27. The van der Waals surface area contributed by atoms with Crippen LogP contribution in [0.3, 0.4) is 0 Å². The molecule has 0 bridgehead atoms. The molecule has 0 N–H and O–H groups in total. The van der Waals surface area contributed by atoms with E-state index in [1.54, 1.807) is 0 Å². The van der Waals surface area contributed by atoms with Gasteiger partial charge in [0.1, 0.15) is 11.5 Å². The van der Waals surface area contributed by atoms with E-state index >= 15 is 0 Å². The van der Waals surface area contributed by atoms with Gasteiger partial charge < -0.3 is 9.47 Å². The van der Waals surface area contributed by atoms with Crippen LogP contribution in [0, 0.1) is 0 Å². The first kappa shape index (κ1) is 17.3. The Kier molecular flexibility index (Phi) is 6.13. The highest BCUT2D eigenvalue weighted by Crippen LogP contribution is 2.26. The first-order chi connectivity index (χ1) is 11.7. The zero-order valence-electron chi connectivity index (χ0n) is 14.1. The smallest absolute Gasteiger partial charge is 0.127 e. The van der Waals surface area contributed by atoms with Crippen LogP contribution in [0.4, 0.5) is 0 Å². The SMILES string of the molecule is CC(CCN1CCOCC1)c1ccc(Oc2ccc(Cl)cc2)cc1. The summed E-state index contributed by atoms with van der Waals surface area (Å²) >= 11 is 5.89. The van der Waals surface area contributed by atoms with Crippen LogP contribution in [0.2, 0.25) is 5.02 Å². The number of halogens is 1. The van der Waals surface area contributed by atoms with E-state index in [1.165, 1.54) is 5.56 Å². The molecule has 2 aromatic carbocycles. The van der Waals surface area contributed by atoms with Crippen LogP contribution in [0.15, 0.2) is 48.5 Å². The van der Waals surface area contributed by atoms with Crippen molar-refractivity contribution in [2.24, 2.45) is 0 Å². The number of morpholine rings is 1. The van der Waals surface area contributed by atoms with Gasteiger partial charge in [0.25, 0.3) is 0 Å². The van der Waals surface area contributed by atoms with E-state index in [2.05, 4.69) is 24.0 Å². The minimum atomic E-state index is 0.539. The predicted molar refractivity (Wildman–Crippen MR) is 98.3 cm³/mol. The molecule has 0 radical (unpaired) electrons. The maximum Gasteiger partial charge on any atom is 0.127 e. The van der Waals surface area contributed by atoms with Gasteiger partial charge in [0.2, 0.25) is 0 Å². The molecule has 0 aliphatic carbocycles. The van der Waals surface area contributed by atoms with Crippen molar-refractivity contribution in [3.05, 3.63) is 59.1 Å². The van der Waals surface area contributed by atoms with Gasteiger partial charge in [0, 0.05) is 18.1 Å². The van der Waals surface area contributed by atoms with Crippen molar-refractivity contribution in [2.45, 2.75) is 19.3 Å². The Hall–Kier alpha value is -1.55. The van der Waals surface area contributed by atoms with E-state index in [9.17, 15) is 0 Å². The Labute approximate surface area is 149 Å². The highest BCUT2D eigenvalue weighted by molar-refractivity contribution is 6.30. The maximum atomic E-state index is 5.89. The van der Waals surface area contributed by atoms with Crippen LogP contribution in [-0.4, -0.2) is 37.7 Å². The highest BCUT2D eigenvalue weighted by atomic mass is 35.5. The Morgan fingerprint density at radius 1 is 1.00 bits per heavy atom. The molecule has 2 aromatic rings. The molecule has 1 atom stereocenters. The third-order valence-corrected chi connectivity index (χ3v) is 4.73. The monoisotopic (exact) mass is 345 g/mol. The average Bonchev–Trinajstić information content (AvgIpc) is 2.63. The Morgan fingerprint density at radius 3 is 2.21 bits per heavy atom. The maximum absolute atomic E-state index is 5.89. The Balaban J connectivity index is 1.52. The molecule has 1 unspecified atom stereocenters. The van der Waals surface area contributed by atoms with Crippen molar-refractivity contribution < 1.29 is 9.47 Å². The molecule has 1 fully saturated rings. The summed E-state index contributed by atoms with van der Waals surface area (Å²) in [6, 6.07) is 15.8. The molecule has 1 heterocycles. The van der Waals surface area contributed by atoms with E-state index in [0.29, 0.717) is 10.9 Å². The summed E-state index contributed by atoms with van der Waals surface area (Å²) in [5.41, 5.74) is 1.35. The quantitative estimate of drug-likeness (QED) is 0.738. The second-order valence-corrected chi connectivity index (χ2v) is 6.71. The van der Waals surface area contributed by atoms with Crippen molar-refractivity contribution in [3.8, 4) is 11.5 Å². The molecular formula is C20H24ClNO2. The van der Waals surface area contributed by atoms with Crippen molar-refractivity contribution in [2.75, 3.05) is 32.8 Å².